The Bertz CT molecular complexity index is 1250. The quantitative estimate of drug-likeness (QED) is 0.443. The van der Waals surface area contributed by atoms with E-state index in [2.05, 4.69) is 39.4 Å². The van der Waals surface area contributed by atoms with E-state index in [1.807, 2.05) is 37.3 Å². The molecule has 0 aliphatic carbocycles. The number of alkyl halides is 3. The van der Waals surface area contributed by atoms with Crippen LogP contribution in [-0.4, -0.2) is 123 Å². The van der Waals surface area contributed by atoms with E-state index in [1.54, 1.807) is 9.21 Å². The number of hydrogen-bond acceptors (Lipinski definition) is 7. The molecule has 1 amide bonds. The molecule has 2 aliphatic rings. The summed E-state index contributed by atoms with van der Waals surface area (Å²) < 4.78 is 59.1. The molecule has 0 radical (unpaired) electrons. The highest BCUT2D eigenvalue weighted by Crippen LogP contribution is 2.16. The van der Waals surface area contributed by atoms with Gasteiger partial charge < -0.3 is 20.2 Å². The molecular weight excluding hydrogens is 575 g/mol. The molecule has 0 bridgehead atoms. The van der Waals surface area contributed by atoms with E-state index in [1.165, 1.54) is 5.69 Å². The molecule has 2 aromatic carbocycles. The van der Waals surface area contributed by atoms with Crippen molar-refractivity contribution in [3.8, 4) is 0 Å². The second kappa shape index (κ2) is 15.3. The van der Waals surface area contributed by atoms with Crippen LogP contribution in [0.2, 0.25) is 0 Å². The summed E-state index contributed by atoms with van der Waals surface area (Å²) in [6.07, 6.45) is -5.08. The molecule has 2 heterocycles. The first kappa shape index (κ1) is 33.3. The number of sulfonamides is 1. The van der Waals surface area contributed by atoms with Gasteiger partial charge in [-0.1, -0.05) is 35.9 Å². The Labute approximate surface area is 244 Å². The van der Waals surface area contributed by atoms with Gasteiger partial charge in [0.15, 0.2) is 0 Å². The zero-order valence-electron chi connectivity index (χ0n) is 23.6. The molecule has 14 heteroatoms. The molecule has 10 nitrogen and oxygen atoms in total. The summed E-state index contributed by atoms with van der Waals surface area (Å²) in [5, 5.41) is 10.3. The number of carboxylic acid groups (broad SMARTS) is 1. The number of carbonyl (C=O) groups is 2. The number of hydrogen-bond donors (Lipinski definition) is 2. The highest BCUT2D eigenvalue weighted by atomic mass is 32.2. The van der Waals surface area contributed by atoms with E-state index in [9.17, 15) is 26.4 Å². The zero-order chi connectivity index (χ0) is 30.8. The molecule has 4 rings (SSSR count). The van der Waals surface area contributed by atoms with Gasteiger partial charge in [-0.2, -0.15) is 17.5 Å². The largest absolute Gasteiger partial charge is 0.490 e. The van der Waals surface area contributed by atoms with Crippen molar-refractivity contribution < 1.29 is 36.3 Å². The molecule has 0 unspecified atom stereocenters. The number of nitrogens with one attached hydrogen (secondary N) is 1. The Morgan fingerprint density at radius 2 is 1.48 bits per heavy atom. The molecule has 0 saturated carbocycles. The smallest absolute Gasteiger partial charge is 0.475 e. The minimum absolute atomic E-state index is 0.0492. The third-order valence-electron chi connectivity index (χ3n) is 7.10. The van der Waals surface area contributed by atoms with Gasteiger partial charge >= 0.3 is 12.1 Å². The maximum atomic E-state index is 13.3. The van der Waals surface area contributed by atoms with Gasteiger partial charge in [-0.25, -0.2) is 13.2 Å². The SMILES string of the molecule is Cc1ccc(C(=O)N(CCN2CCN(c3ccccc3)CC2)CCS(=O)(=O)N2CCNCC2)cc1.O=C(O)C(F)(F)F. The number of benzene rings is 2. The van der Waals surface area contributed by atoms with Crippen molar-refractivity contribution in [2.75, 3.05) is 82.6 Å². The number of para-hydroxylation sites is 1. The summed E-state index contributed by atoms with van der Waals surface area (Å²) in [6, 6.07) is 17.9. The van der Waals surface area contributed by atoms with E-state index in [4.69, 9.17) is 9.90 Å². The number of aryl methyl sites for hydroxylation is 1. The summed E-state index contributed by atoms with van der Waals surface area (Å²) in [5.74, 6) is -2.91. The highest BCUT2D eigenvalue weighted by Gasteiger charge is 2.38. The van der Waals surface area contributed by atoms with E-state index < -0.39 is 22.2 Å². The Morgan fingerprint density at radius 1 is 0.905 bits per heavy atom. The van der Waals surface area contributed by atoms with Crippen LogP contribution < -0.4 is 10.2 Å². The molecule has 2 saturated heterocycles. The van der Waals surface area contributed by atoms with Crippen LogP contribution >= 0.6 is 0 Å². The van der Waals surface area contributed by atoms with Gasteiger partial charge in [0.2, 0.25) is 10.0 Å². The fourth-order valence-electron chi connectivity index (χ4n) is 4.60. The average Bonchev–Trinajstić information content (AvgIpc) is 2.98. The summed E-state index contributed by atoms with van der Waals surface area (Å²) >= 11 is 0. The van der Waals surface area contributed by atoms with Crippen molar-refractivity contribution in [3.63, 3.8) is 0 Å². The molecule has 0 atom stereocenters. The van der Waals surface area contributed by atoms with Crippen LogP contribution in [0.5, 0.6) is 0 Å². The van der Waals surface area contributed by atoms with Gasteiger partial charge in [0.1, 0.15) is 0 Å². The van der Waals surface area contributed by atoms with Crippen LogP contribution in [0, 0.1) is 6.92 Å². The Hall–Kier alpha value is -3.20. The number of nitrogens with zero attached hydrogens (tertiary/aromatic N) is 4. The molecule has 2 aromatic rings. The third-order valence-corrected chi connectivity index (χ3v) is 8.95. The van der Waals surface area contributed by atoms with Gasteiger partial charge in [0, 0.05) is 83.2 Å². The standard InChI is InChI=1S/C26H37N5O3S.C2HF3O2/c1-23-7-9-24(10-8-23)26(32)30(21-22-35(33,34)31-13-11-27-12-14-31)20-17-28-15-18-29(19-16-28)25-5-3-2-4-6-25;3-2(4,5)1(6)7/h2-10,27H,11-22H2,1H3;(H,6,7). The van der Waals surface area contributed by atoms with Crippen molar-refractivity contribution in [2.24, 2.45) is 0 Å². The molecule has 2 fully saturated rings. The van der Waals surface area contributed by atoms with Gasteiger partial charge in [-0.15, -0.1) is 0 Å². The molecule has 232 valence electrons. The average molecular weight is 614 g/mol. The van der Waals surface area contributed by atoms with E-state index in [-0.39, 0.29) is 18.2 Å². The van der Waals surface area contributed by atoms with Crippen molar-refractivity contribution in [1.29, 1.82) is 0 Å². The lowest BCUT2D eigenvalue weighted by Crippen LogP contribution is -2.50. The first-order valence-corrected chi connectivity index (χ1v) is 15.3. The lowest BCUT2D eigenvalue weighted by atomic mass is 10.1. The fourth-order valence-corrected chi connectivity index (χ4v) is 6.05. The second-order valence-electron chi connectivity index (χ2n) is 10.1. The van der Waals surface area contributed by atoms with Crippen LogP contribution in [0.25, 0.3) is 0 Å². The van der Waals surface area contributed by atoms with Crippen molar-refractivity contribution in [1.82, 2.24) is 19.4 Å². The fraction of sp³-hybridized carbons (Fsp3) is 0.500. The monoisotopic (exact) mass is 613 g/mol. The van der Waals surface area contributed by atoms with Crippen LogP contribution in [0.4, 0.5) is 18.9 Å². The summed E-state index contributed by atoms with van der Waals surface area (Å²) in [7, 11) is -3.40. The molecule has 2 N–H and O–H groups in total. The third kappa shape index (κ3) is 10.3. The summed E-state index contributed by atoms with van der Waals surface area (Å²) in [4.78, 5) is 28.7. The van der Waals surface area contributed by atoms with Gasteiger partial charge in [0.05, 0.1) is 5.75 Å². The maximum Gasteiger partial charge on any atom is 0.490 e. The van der Waals surface area contributed by atoms with Crippen LogP contribution in [0.15, 0.2) is 54.6 Å². The highest BCUT2D eigenvalue weighted by molar-refractivity contribution is 7.89. The summed E-state index contributed by atoms with van der Waals surface area (Å²) in [5.41, 5.74) is 2.93. The number of piperazine rings is 2. The predicted octanol–water partition coefficient (Wildman–Crippen LogP) is 2.13. The molecular formula is C28H38F3N5O5S. The topological polar surface area (TPSA) is 114 Å². The number of rotatable bonds is 9. The number of anilines is 1. The van der Waals surface area contributed by atoms with Gasteiger partial charge in [0.25, 0.3) is 5.91 Å². The molecule has 0 aromatic heterocycles. The van der Waals surface area contributed by atoms with Crippen LogP contribution in [-0.2, 0) is 14.8 Å². The lowest BCUT2D eigenvalue weighted by molar-refractivity contribution is -0.192. The van der Waals surface area contributed by atoms with Gasteiger partial charge in [-0.05, 0) is 31.2 Å². The lowest BCUT2D eigenvalue weighted by Gasteiger charge is -2.37. The minimum atomic E-state index is -5.08. The Balaban J connectivity index is 0.000000616. The molecule has 2 aliphatic heterocycles. The minimum Gasteiger partial charge on any atom is -0.475 e. The van der Waals surface area contributed by atoms with E-state index >= 15 is 0 Å². The van der Waals surface area contributed by atoms with Crippen molar-refractivity contribution in [3.05, 3.63) is 65.7 Å². The number of carboxylic acids is 1. The van der Waals surface area contributed by atoms with Crippen molar-refractivity contribution >= 4 is 27.6 Å². The Kier molecular flexibility index (Phi) is 12.2. The number of aliphatic carboxylic acids is 1. The second-order valence-corrected chi connectivity index (χ2v) is 12.2. The number of carbonyl (C=O) groups excluding carboxylic acids is 1. The normalized spacial score (nSPS) is 16.8. The van der Waals surface area contributed by atoms with E-state index in [0.29, 0.717) is 38.3 Å². The first-order valence-electron chi connectivity index (χ1n) is 13.7. The molecule has 0 spiro atoms. The number of amides is 1. The zero-order valence-corrected chi connectivity index (χ0v) is 24.4. The Morgan fingerprint density at radius 3 is 2.02 bits per heavy atom. The van der Waals surface area contributed by atoms with Crippen LogP contribution in [0.3, 0.4) is 0 Å². The first-order chi connectivity index (χ1) is 19.9. The predicted molar refractivity (Wildman–Crippen MR) is 154 cm³/mol. The van der Waals surface area contributed by atoms with Crippen LogP contribution in [0.1, 0.15) is 15.9 Å². The van der Waals surface area contributed by atoms with Crippen molar-refractivity contribution in [2.45, 2.75) is 13.1 Å². The van der Waals surface area contributed by atoms with Gasteiger partial charge in [-0.3, -0.25) is 9.69 Å². The number of halogens is 3. The summed E-state index contributed by atoms with van der Waals surface area (Å²) in [6.45, 7) is 9.44. The maximum absolute atomic E-state index is 13.3. The van der Waals surface area contributed by atoms with E-state index in [0.717, 1.165) is 38.3 Å². The molecule has 42 heavy (non-hydrogen) atoms.